The molecule has 0 saturated carbocycles. The second kappa shape index (κ2) is 48.3. The largest absolute Gasteiger partial charge is 0.305 e. The van der Waals surface area contributed by atoms with Crippen molar-refractivity contribution in [1.29, 1.82) is 0 Å². The van der Waals surface area contributed by atoms with Crippen LogP contribution in [0, 0.1) is 112 Å². The Morgan fingerprint density at radius 2 is 0.474 bits per heavy atom. The molecular formula is C105H88Ir4N7-7. The second-order valence-electron chi connectivity index (χ2n) is 27.1. The number of rotatable bonds is 10. The molecule has 7 heterocycles. The van der Waals surface area contributed by atoms with Gasteiger partial charge in [0.1, 0.15) is 0 Å². The van der Waals surface area contributed by atoms with Crippen molar-refractivity contribution in [2.75, 3.05) is 0 Å². The van der Waals surface area contributed by atoms with Crippen molar-refractivity contribution >= 4 is 0 Å². The van der Waals surface area contributed by atoms with E-state index in [4.69, 9.17) is 0 Å². The summed E-state index contributed by atoms with van der Waals surface area (Å²) in [6.07, 6.45) is 13.3. The summed E-state index contributed by atoms with van der Waals surface area (Å²) in [4.78, 5) is 31.0. The third-order valence-corrected chi connectivity index (χ3v) is 17.9. The van der Waals surface area contributed by atoms with E-state index in [0.717, 1.165) is 78.8 Å². The van der Waals surface area contributed by atoms with Crippen LogP contribution in [-0.4, -0.2) is 34.9 Å². The molecule has 4 radical (unpaired) electrons. The molecule has 116 heavy (non-hydrogen) atoms. The molecule has 7 aromatic heterocycles. The van der Waals surface area contributed by atoms with Crippen LogP contribution in [0.25, 0.3) is 112 Å². The summed E-state index contributed by atoms with van der Waals surface area (Å²) in [6, 6.07) is 126. The number of benzene rings is 10. The predicted octanol–water partition coefficient (Wildman–Crippen LogP) is 25.9. The number of hydrogen-bond acceptors (Lipinski definition) is 7. The van der Waals surface area contributed by atoms with Gasteiger partial charge < -0.3 is 34.9 Å². The molecule has 0 atom stereocenters. The molecule has 0 amide bonds. The van der Waals surface area contributed by atoms with Crippen molar-refractivity contribution in [3.8, 4) is 112 Å². The molecule has 586 valence electrons. The van der Waals surface area contributed by atoms with Gasteiger partial charge in [-0.25, -0.2) is 0 Å². The molecule has 0 aliphatic carbocycles. The van der Waals surface area contributed by atoms with Gasteiger partial charge in [-0.1, -0.05) is 185 Å². The fraction of sp³-hybridized carbons (Fsp3) is 0.0952. The molecule has 17 aromatic rings. The Labute approximate surface area is 740 Å². The summed E-state index contributed by atoms with van der Waals surface area (Å²) in [5, 5.41) is 0. The number of aryl methyl sites for hydroxylation is 10. The maximum Gasteiger partial charge on any atom is 0.0242 e. The average molecular weight is 2220 g/mol. The Bertz CT molecular complexity index is 5030. The van der Waals surface area contributed by atoms with Gasteiger partial charge in [-0.15, -0.1) is 249 Å². The Kier molecular flexibility index (Phi) is 38.3. The Balaban J connectivity index is 0.000000187. The first-order valence-corrected chi connectivity index (χ1v) is 37.3. The first-order valence-electron chi connectivity index (χ1n) is 37.3. The molecule has 0 N–H and O–H groups in total. The monoisotopic (exact) mass is 2220 g/mol. The van der Waals surface area contributed by atoms with Crippen molar-refractivity contribution < 1.29 is 80.4 Å². The molecule has 0 aliphatic rings. The van der Waals surface area contributed by atoms with Gasteiger partial charge in [0.25, 0.3) is 0 Å². The van der Waals surface area contributed by atoms with Crippen LogP contribution in [0.4, 0.5) is 0 Å². The van der Waals surface area contributed by atoms with E-state index in [1.165, 1.54) is 89.0 Å². The van der Waals surface area contributed by atoms with E-state index in [9.17, 15) is 0 Å². The number of hydrogen-bond donors (Lipinski definition) is 0. The number of nitrogens with zero attached hydrogens (tertiary/aromatic N) is 7. The summed E-state index contributed by atoms with van der Waals surface area (Å²) in [6.45, 7) is 20.7. The minimum Gasteiger partial charge on any atom is -0.305 e. The van der Waals surface area contributed by atoms with Crippen molar-refractivity contribution in [3.05, 3.63) is 451 Å². The van der Waals surface area contributed by atoms with Crippen LogP contribution >= 0.6 is 0 Å². The molecule has 0 fully saturated rings. The van der Waals surface area contributed by atoms with Gasteiger partial charge in [-0.05, 0) is 138 Å². The third kappa shape index (κ3) is 28.4. The fourth-order valence-corrected chi connectivity index (χ4v) is 11.6. The molecular weight excluding hydrogens is 2130 g/mol. The Morgan fingerprint density at radius 3 is 0.733 bits per heavy atom. The van der Waals surface area contributed by atoms with Crippen molar-refractivity contribution in [2.45, 2.75) is 69.2 Å². The van der Waals surface area contributed by atoms with Crippen LogP contribution in [-0.2, 0) is 80.4 Å². The number of pyridine rings is 7. The van der Waals surface area contributed by atoms with Crippen LogP contribution < -0.4 is 0 Å². The van der Waals surface area contributed by atoms with Gasteiger partial charge in [0.2, 0.25) is 0 Å². The van der Waals surface area contributed by atoms with Gasteiger partial charge in [0.15, 0.2) is 0 Å². The number of aromatic nitrogens is 7. The van der Waals surface area contributed by atoms with E-state index in [0.29, 0.717) is 0 Å². The van der Waals surface area contributed by atoms with E-state index in [2.05, 4.69) is 223 Å². The standard InChI is InChI=1S/3C18H14N.3C13H12N.C12H10N.4Ir/c3*1-14-12-18(16-10-6-3-7-11-16)19-13-17(14)15-8-4-2-5-9-15;3*1-10-3-6-12(7-4-10)13-8-5-11(2)9-14-13;1-10-5-4-6-11(9-10)12-7-2-3-8-13-12;;;;/h3*2-10,12-13H,1H3;3*3-6,8-9H,1-2H3;2-5,7-9H,1H3;;;;/q7*-1;;;;. The molecule has 0 bridgehead atoms. The summed E-state index contributed by atoms with van der Waals surface area (Å²) >= 11 is 0. The van der Waals surface area contributed by atoms with Crippen LogP contribution in [0.3, 0.4) is 0 Å². The first kappa shape index (κ1) is 92.0. The van der Waals surface area contributed by atoms with Gasteiger partial charge in [0.05, 0.1) is 0 Å². The second-order valence-corrected chi connectivity index (χ2v) is 27.1. The van der Waals surface area contributed by atoms with Crippen molar-refractivity contribution in [3.63, 3.8) is 0 Å². The van der Waals surface area contributed by atoms with E-state index < -0.39 is 0 Å². The van der Waals surface area contributed by atoms with Crippen LogP contribution in [0.2, 0.25) is 0 Å². The summed E-state index contributed by atoms with van der Waals surface area (Å²) in [5.41, 5.74) is 33.4. The average Bonchev–Trinajstić information content (AvgIpc) is 0.824. The molecule has 0 saturated heterocycles. The van der Waals surface area contributed by atoms with Crippen LogP contribution in [0.5, 0.6) is 0 Å². The third-order valence-electron chi connectivity index (χ3n) is 17.9. The quantitative estimate of drug-likeness (QED) is 0.126. The van der Waals surface area contributed by atoms with E-state index in [1.807, 2.05) is 270 Å². The summed E-state index contributed by atoms with van der Waals surface area (Å²) in [7, 11) is 0. The zero-order valence-corrected chi connectivity index (χ0v) is 76.0. The Morgan fingerprint density at radius 1 is 0.190 bits per heavy atom. The maximum atomic E-state index is 4.55. The fourth-order valence-electron chi connectivity index (χ4n) is 11.6. The van der Waals surface area contributed by atoms with Gasteiger partial charge in [-0.2, -0.15) is 0 Å². The minimum absolute atomic E-state index is 0. The SMILES string of the molecule is Cc1c[c-]c(-c2ccc(C)cn2)cc1.Cc1c[c-]c(-c2ccc(C)cn2)cc1.Cc1c[c-]c(-c2ccc(C)cn2)cc1.Cc1cc(-c2[c-]cccc2)ncc1-c1ccccc1.Cc1cc(-c2[c-]cccc2)ncc1-c1ccccc1.Cc1cc(-c2[c-]cccc2)ncc1-c1ccccc1.Cc1cc[c-]c(-c2ccccn2)c1.[Ir].[Ir].[Ir].[Ir]. The van der Waals surface area contributed by atoms with Gasteiger partial charge >= 0.3 is 0 Å². The smallest absolute Gasteiger partial charge is 0.0242 e. The normalized spacial score (nSPS) is 9.88. The first-order chi connectivity index (χ1) is 54.7. The van der Waals surface area contributed by atoms with Crippen molar-refractivity contribution in [2.24, 2.45) is 0 Å². The van der Waals surface area contributed by atoms with Crippen LogP contribution in [0.1, 0.15) is 55.6 Å². The molecule has 0 spiro atoms. The molecule has 7 nitrogen and oxygen atoms in total. The molecule has 0 unspecified atom stereocenters. The van der Waals surface area contributed by atoms with E-state index >= 15 is 0 Å². The summed E-state index contributed by atoms with van der Waals surface area (Å²) < 4.78 is 0. The van der Waals surface area contributed by atoms with Crippen molar-refractivity contribution in [1.82, 2.24) is 34.9 Å². The molecule has 11 heteroatoms. The molecule has 17 rings (SSSR count). The zero-order chi connectivity index (χ0) is 78.2. The van der Waals surface area contributed by atoms with Gasteiger partial charge in [-0.3, -0.25) is 0 Å². The zero-order valence-electron chi connectivity index (χ0n) is 66.5. The summed E-state index contributed by atoms with van der Waals surface area (Å²) in [5.74, 6) is 0. The van der Waals surface area contributed by atoms with Crippen LogP contribution in [0.15, 0.2) is 353 Å². The topological polar surface area (TPSA) is 90.2 Å². The Hall–Kier alpha value is -11.2. The van der Waals surface area contributed by atoms with E-state index in [-0.39, 0.29) is 80.4 Å². The maximum absolute atomic E-state index is 4.55. The van der Waals surface area contributed by atoms with Gasteiger partial charge in [0, 0.05) is 140 Å². The van der Waals surface area contributed by atoms with E-state index in [1.54, 1.807) is 6.20 Å². The molecule has 0 aliphatic heterocycles. The minimum atomic E-state index is 0. The predicted molar refractivity (Wildman–Crippen MR) is 463 cm³/mol. The molecule has 10 aromatic carbocycles.